The topological polar surface area (TPSA) is 82.8 Å². The number of halogens is 1. The molecule has 1 saturated heterocycles. The van der Waals surface area contributed by atoms with Crippen molar-refractivity contribution >= 4 is 27.8 Å². The second-order valence-electron chi connectivity index (χ2n) is 7.65. The summed E-state index contributed by atoms with van der Waals surface area (Å²) in [5.41, 5.74) is 6.86. The second-order valence-corrected chi connectivity index (χ2v) is 8.56. The molecular formula is C20H30BrN5O. The number of hydrogen-bond acceptors (Lipinski definition) is 3. The number of amides is 1. The predicted molar refractivity (Wildman–Crippen MR) is 113 cm³/mol. The van der Waals surface area contributed by atoms with Crippen molar-refractivity contribution in [2.45, 2.75) is 44.1 Å². The number of rotatable bonds is 7. The van der Waals surface area contributed by atoms with Gasteiger partial charge >= 0.3 is 0 Å². The van der Waals surface area contributed by atoms with E-state index in [1.54, 1.807) is 0 Å². The average Bonchev–Trinajstić information content (AvgIpc) is 3.42. The third kappa shape index (κ3) is 5.69. The minimum Gasteiger partial charge on any atom is -0.369 e. The molecule has 0 unspecified atom stereocenters. The normalized spacial score (nSPS) is 20.3. The van der Waals surface area contributed by atoms with Crippen LogP contribution < -0.4 is 16.4 Å². The molecule has 1 amide bonds. The van der Waals surface area contributed by atoms with Gasteiger partial charge in [0.25, 0.3) is 0 Å². The molecule has 27 heavy (non-hydrogen) atoms. The maximum absolute atomic E-state index is 11.1. The molecule has 3 rings (SSSR count). The number of aliphatic imine (C=N–C) groups is 1. The van der Waals surface area contributed by atoms with Gasteiger partial charge in [0, 0.05) is 35.6 Å². The van der Waals surface area contributed by atoms with Gasteiger partial charge in [0.1, 0.15) is 0 Å². The third-order valence-corrected chi connectivity index (χ3v) is 5.98. The van der Waals surface area contributed by atoms with Gasteiger partial charge in [0.15, 0.2) is 5.96 Å². The number of carbonyl (C=O) groups is 1. The van der Waals surface area contributed by atoms with E-state index in [0.29, 0.717) is 12.6 Å². The van der Waals surface area contributed by atoms with Crippen LogP contribution in [0.1, 0.15) is 38.2 Å². The Morgan fingerprint density at radius 1 is 1.37 bits per heavy atom. The maximum Gasteiger partial charge on any atom is 0.231 e. The number of guanidine groups is 1. The summed E-state index contributed by atoms with van der Waals surface area (Å²) in [5.74, 6) is 0.644. The smallest absolute Gasteiger partial charge is 0.231 e. The molecule has 7 heteroatoms. The van der Waals surface area contributed by atoms with E-state index in [2.05, 4.69) is 62.7 Å². The van der Waals surface area contributed by atoms with E-state index >= 15 is 0 Å². The molecule has 1 saturated carbocycles. The molecule has 0 atom stereocenters. The molecular weight excluding hydrogens is 406 g/mol. The van der Waals surface area contributed by atoms with Gasteiger partial charge in [-0.05, 0) is 50.3 Å². The van der Waals surface area contributed by atoms with Gasteiger partial charge in [0.2, 0.25) is 5.91 Å². The van der Waals surface area contributed by atoms with Crippen LogP contribution in [0.4, 0.5) is 0 Å². The summed E-state index contributed by atoms with van der Waals surface area (Å²) in [4.78, 5) is 18.1. The Balaban J connectivity index is 1.57. The molecule has 0 bridgehead atoms. The Labute approximate surface area is 170 Å². The van der Waals surface area contributed by atoms with E-state index in [-0.39, 0.29) is 11.3 Å². The van der Waals surface area contributed by atoms with E-state index in [1.165, 1.54) is 18.4 Å². The van der Waals surface area contributed by atoms with E-state index in [1.807, 2.05) is 0 Å². The molecule has 1 aromatic rings. The first kappa shape index (κ1) is 20.1. The van der Waals surface area contributed by atoms with Crippen LogP contribution >= 0.6 is 15.9 Å². The Hall–Kier alpha value is -1.60. The number of nitrogens with two attached hydrogens (primary N) is 1. The lowest BCUT2D eigenvalue weighted by atomic mass is 9.96. The number of nitrogens with one attached hydrogen (secondary N) is 2. The van der Waals surface area contributed by atoms with Gasteiger partial charge in [-0.2, -0.15) is 0 Å². The minimum atomic E-state index is -0.251. The van der Waals surface area contributed by atoms with Gasteiger partial charge in [-0.1, -0.05) is 28.1 Å². The standard InChI is InChI=1S/C20H30BrN5O/c1-2-23-19(25-17-6-10-26(11-7-17)13-18(22)27)24-14-20(8-9-20)15-4-3-5-16(21)12-15/h3-5,12,17H,2,6-11,13-14H2,1H3,(H2,22,27)(H2,23,24,25). The van der Waals surface area contributed by atoms with Crippen LogP contribution in [0.25, 0.3) is 0 Å². The van der Waals surface area contributed by atoms with Crippen molar-refractivity contribution in [2.24, 2.45) is 10.7 Å². The van der Waals surface area contributed by atoms with Crippen LogP contribution in [0.15, 0.2) is 33.7 Å². The van der Waals surface area contributed by atoms with Crippen LogP contribution in [-0.2, 0) is 10.2 Å². The van der Waals surface area contributed by atoms with E-state index in [4.69, 9.17) is 10.7 Å². The molecule has 2 fully saturated rings. The van der Waals surface area contributed by atoms with Crippen molar-refractivity contribution in [2.75, 3.05) is 32.7 Å². The van der Waals surface area contributed by atoms with Crippen LogP contribution in [0, 0.1) is 0 Å². The highest BCUT2D eigenvalue weighted by atomic mass is 79.9. The zero-order valence-electron chi connectivity index (χ0n) is 16.0. The number of hydrogen-bond donors (Lipinski definition) is 3. The lowest BCUT2D eigenvalue weighted by Crippen LogP contribution is -2.50. The molecule has 4 N–H and O–H groups in total. The van der Waals surface area contributed by atoms with Gasteiger partial charge < -0.3 is 16.4 Å². The Morgan fingerprint density at radius 3 is 2.70 bits per heavy atom. The van der Waals surface area contributed by atoms with Crippen LogP contribution in [0.2, 0.25) is 0 Å². The Morgan fingerprint density at radius 2 is 2.11 bits per heavy atom. The van der Waals surface area contributed by atoms with E-state index < -0.39 is 0 Å². The summed E-state index contributed by atoms with van der Waals surface area (Å²) in [6, 6.07) is 8.98. The van der Waals surface area contributed by atoms with Crippen molar-refractivity contribution < 1.29 is 4.79 Å². The molecule has 0 aromatic heterocycles. The fraction of sp³-hybridized carbons (Fsp3) is 0.600. The van der Waals surface area contributed by atoms with Crippen molar-refractivity contribution in [1.82, 2.24) is 15.5 Å². The largest absolute Gasteiger partial charge is 0.369 e. The number of nitrogens with zero attached hydrogens (tertiary/aromatic N) is 2. The SMILES string of the molecule is CCNC(=NCC1(c2cccc(Br)c2)CC1)NC1CCN(CC(N)=O)CC1. The molecule has 1 aromatic carbocycles. The average molecular weight is 436 g/mol. The summed E-state index contributed by atoms with van der Waals surface area (Å²) >= 11 is 3.58. The molecule has 6 nitrogen and oxygen atoms in total. The van der Waals surface area contributed by atoms with E-state index in [0.717, 1.165) is 49.5 Å². The summed E-state index contributed by atoms with van der Waals surface area (Å²) in [5, 5.41) is 6.96. The lowest BCUT2D eigenvalue weighted by Gasteiger charge is -2.32. The van der Waals surface area contributed by atoms with Crippen LogP contribution in [-0.4, -0.2) is 55.5 Å². The maximum atomic E-state index is 11.1. The van der Waals surface area contributed by atoms with Crippen LogP contribution in [0.3, 0.4) is 0 Å². The van der Waals surface area contributed by atoms with Crippen molar-refractivity contribution in [3.63, 3.8) is 0 Å². The zero-order chi connectivity index (χ0) is 19.3. The number of likely N-dealkylation sites (tertiary alicyclic amines) is 1. The predicted octanol–water partition coefficient (Wildman–Crippen LogP) is 1.99. The quantitative estimate of drug-likeness (QED) is 0.451. The summed E-state index contributed by atoms with van der Waals surface area (Å²) < 4.78 is 1.13. The second kappa shape index (κ2) is 9.06. The van der Waals surface area contributed by atoms with Crippen molar-refractivity contribution in [1.29, 1.82) is 0 Å². The minimum absolute atomic E-state index is 0.191. The van der Waals surface area contributed by atoms with Gasteiger partial charge in [0.05, 0.1) is 13.1 Å². The van der Waals surface area contributed by atoms with Gasteiger partial charge in [-0.25, -0.2) is 0 Å². The number of piperidine rings is 1. The van der Waals surface area contributed by atoms with Crippen molar-refractivity contribution in [3.8, 4) is 0 Å². The van der Waals surface area contributed by atoms with Gasteiger partial charge in [-0.3, -0.25) is 14.7 Å². The van der Waals surface area contributed by atoms with Crippen molar-refractivity contribution in [3.05, 3.63) is 34.3 Å². The number of benzene rings is 1. The first-order valence-corrected chi connectivity index (χ1v) is 10.6. The molecule has 1 aliphatic carbocycles. The zero-order valence-corrected chi connectivity index (χ0v) is 17.6. The highest BCUT2D eigenvalue weighted by Gasteiger charge is 2.44. The monoisotopic (exact) mass is 435 g/mol. The molecule has 1 heterocycles. The van der Waals surface area contributed by atoms with Crippen LogP contribution in [0.5, 0.6) is 0 Å². The highest BCUT2D eigenvalue weighted by Crippen LogP contribution is 2.48. The first-order chi connectivity index (χ1) is 13.0. The lowest BCUT2D eigenvalue weighted by molar-refractivity contribution is -0.119. The Bertz CT molecular complexity index is 681. The number of carbonyl (C=O) groups excluding carboxylic acids is 1. The fourth-order valence-corrected chi connectivity index (χ4v) is 4.11. The summed E-state index contributed by atoms with van der Waals surface area (Å²) in [6.45, 7) is 5.88. The van der Waals surface area contributed by atoms with Gasteiger partial charge in [-0.15, -0.1) is 0 Å². The number of primary amides is 1. The summed E-state index contributed by atoms with van der Waals surface area (Å²) in [7, 11) is 0. The molecule has 0 spiro atoms. The fourth-order valence-electron chi connectivity index (χ4n) is 3.71. The molecule has 148 valence electrons. The molecule has 0 radical (unpaired) electrons. The van der Waals surface area contributed by atoms with E-state index in [9.17, 15) is 4.79 Å². The first-order valence-electron chi connectivity index (χ1n) is 9.82. The molecule has 1 aliphatic heterocycles. The highest BCUT2D eigenvalue weighted by molar-refractivity contribution is 9.10. The third-order valence-electron chi connectivity index (χ3n) is 5.48. The summed E-state index contributed by atoms with van der Waals surface area (Å²) in [6.07, 6.45) is 4.37. The Kier molecular flexibility index (Phi) is 6.76. The molecule has 2 aliphatic rings.